The van der Waals surface area contributed by atoms with Crippen LogP contribution in [0, 0.1) is 0 Å². The van der Waals surface area contributed by atoms with Gasteiger partial charge in [-0.25, -0.2) is 0 Å². The molecular formula is C16H18ClNOS. The van der Waals surface area contributed by atoms with Gasteiger partial charge in [-0.1, -0.05) is 41.9 Å². The van der Waals surface area contributed by atoms with Gasteiger partial charge in [0.2, 0.25) is 0 Å². The lowest BCUT2D eigenvalue weighted by molar-refractivity contribution is 0.0481. The number of rotatable bonds is 3. The highest BCUT2D eigenvalue weighted by molar-refractivity contribution is 7.16. The zero-order valence-corrected chi connectivity index (χ0v) is 12.8. The SMILES string of the molecule is O[C@@H]1CN(Cc2ccc(Cl)s2)CC[C@H]1c1ccccc1. The monoisotopic (exact) mass is 307 g/mol. The van der Waals surface area contributed by atoms with Crippen molar-refractivity contribution in [2.45, 2.75) is 25.0 Å². The van der Waals surface area contributed by atoms with Crippen LogP contribution in [-0.2, 0) is 6.54 Å². The number of hydrogen-bond acceptors (Lipinski definition) is 3. The first-order chi connectivity index (χ1) is 9.72. The highest BCUT2D eigenvalue weighted by atomic mass is 35.5. The fourth-order valence-corrected chi connectivity index (χ4v) is 4.02. The lowest BCUT2D eigenvalue weighted by Gasteiger charge is -2.36. The van der Waals surface area contributed by atoms with Crippen molar-refractivity contribution in [1.82, 2.24) is 4.90 Å². The highest BCUT2D eigenvalue weighted by Crippen LogP contribution is 2.30. The molecular weight excluding hydrogens is 290 g/mol. The van der Waals surface area contributed by atoms with E-state index < -0.39 is 0 Å². The maximum absolute atomic E-state index is 10.4. The van der Waals surface area contributed by atoms with Gasteiger partial charge in [-0.3, -0.25) is 4.90 Å². The number of hydrogen-bond donors (Lipinski definition) is 1. The highest BCUT2D eigenvalue weighted by Gasteiger charge is 2.28. The van der Waals surface area contributed by atoms with Crippen molar-refractivity contribution in [1.29, 1.82) is 0 Å². The van der Waals surface area contributed by atoms with Gasteiger partial charge < -0.3 is 5.11 Å². The van der Waals surface area contributed by atoms with Gasteiger partial charge in [0, 0.05) is 23.9 Å². The minimum atomic E-state index is -0.290. The maximum Gasteiger partial charge on any atom is 0.0931 e. The molecule has 1 aromatic heterocycles. The Morgan fingerprint density at radius 2 is 2.00 bits per heavy atom. The van der Waals surface area contributed by atoms with E-state index in [4.69, 9.17) is 11.6 Å². The second-order valence-electron chi connectivity index (χ2n) is 5.31. The van der Waals surface area contributed by atoms with Crippen LogP contribution in [0.5, 0.6) is 0 Å². The summed E-state index contributed by atoms with van der Waals surface area (Å²) in [6.07, 6.45) is 0.714. The van der Waals surface area contributed by atoms with Crippen LogP contribution >= 0.6 is 22.9 Å². The molecule has 0 radical (unpaired) electrons. The van der Waals surface area contributed by atoms with E-state index in [9.17, 15) is 5.11 Å². The third-order valence-electron chi connectivity index (χ3n) is 3.90. The van der Waals surface area contributed by atoms with E-state index in [-0.39, 0.29) is 12.0 Å². The Morgan fingerprint density at radius 3 is 2.65 bits per heavy atom. The van der Waals surface area contributed by atoms with Gasteiger partial charge in [0.25, 0.3) is 0 Å². The lowest BCUT2D eigenvalue weighted by atomic mass is 9.87. The average Bonchev–Trinajstić information content (AvgIpc) is 2.85. The number of benzene rings is 1. The van der Waals surface area contributed by atoms with E-state index in [2.05, 4.69) is 23.1 Å². The predicted molar refractivity (Wildman–Crippen MR) is 84.4 cm³/mol. The smallest absolute Gasteiger partial charge is 0.0931 e. The van der Waals surface area contributed by atoms with Crippen molar-refractivity contribution in [2.24, 2.45) is 0 Å². The first-order valence-electron chi connectivity index (χ1n) is 6.92. The van der Waals surface area contributed by atoms with Crippen molar-refractivity contribution in [3.05, 3.63) is 57.2 Å². The van der Waals surface area contributed by atoms with Crippen LogP contribution in [0.3, 0.4) is 0 Å². The molecule has 1 aliphatic rings. The Morgan fingerprint density at radius 1 is 1.20 bits per heavy atom. The summed E-state index contributed by atoms with van der Waals surface area (Å²) in [5.74, 6) is 0.263. The quantitative estimate of drug-likeness (QED) is 0.933. The molecule has 0 aliphatic carbocycles. The molecule has 4 heteroatoms. The number of β-amino-alcohol motifs (C(OH)–C–C–N with tert-alkyl or cyclic N) is 1. The fourth-order valence-electron chi connectivity index (χ4n) is 2.89. The molecule has 2 atom stereocenters. The van der Waals surface area contributed by atoms with Gasteiger partial charge >= 0.3 is 0 Å². The Kier molecular flexibility index (Phi) is 4.41. The number of aliphatic hydroxyl groups is 1. The van der Waals surface area contributed by atoms with E-state index in [0.29, 0.717) is 0 Å². The Bertz CT molecular complexity index is 557. The second kappa shape index (κ2) is 6.27. The molecule has 20 heavy (non-hydrogen) atoms. The number of nitrogens with zero attached hydrogens (tertiary/aromatic N) is 1. The number of thiophene rings is 1. The van der Waals surface area contributed by atoms with Gasteiger partial charge in [-0.15, -0.1) is 11.3 Å². The zero-order chi connectivity index (χ0) is 13.9. The van der Waals surface area contributed by atoms with Gasteiger partial charge in [0.05, 0.1) is 10.4 Å². The summed E-state index contributed by atoms with van der Waals surface area (Å²) < 4.78 is 0.833. The first kappa shape index (κ1) is 14.1. The van der Waals surface area contributed by atoms with Crippen LogP contribution < -0.4 is 0 Å². The third kappa shape index (κ3) is 3.23. The van der Waals surface area contributed by atoms with Crippen LogP contribution in [0.25, 0.3) is 0 Å². The zero-order valence-electron chi connectivity index (χ0n) is 11.2. The van der Waals surface area contributed by atoms with E-state index >= 15 is 0 Å². The Balaban J connectivity index is 1.62. The van der Waals surface area contributed by atoms with Crippen LogP contribution in [0.2, 0.25) is 4.34 Å². The van der Waals surface area contributed by atoms with Crippen molar-refractivity contribution in [3.8, 4) is 0 Å². The van der Waals surface area contributed by atoms with E-state index in [0.717, 1.165) is 30.4 Å². The number of likely N-dealkylation sites (tertiary alicyclic amines) is 1. The van der Waals surface area contributed by atoms with Gasteiger partial charge in [0.1, 0.15) is 0 Å². The molecule has 106 valence electrons. The largest absolute Gasteiger partial charge is 0.391 e. The molecule has 1 aliphatic heterocycles. The molecule has 2 aromatic rings. The molecule has 0 bridgehead atoms. The Hall–Kier alpha value is -0.870. The molecule has 2 heterocycles. The molecule has 0 unspecified atom stereocenters. The van der Waals surface area contributed by atoms with Crippen LogP contribution in [-0.4, -0.2) is 29.2 Å². The standard InChI is InChI=1S/C16H18ClNOS/c17-16-7-6-13(20-16)10-18-9-8-14(15(19)11-18)12-4-2-1-3-5-12/h1-7,14-15,19H,8-11H2/t14-,15+/m0/s1. The van der Waals surface area contributed by atoms with Gasteiger partial charge in [-0.05, 0) is 30.7 Å². The van der Waals surface area contributed by atoms with E-state index in [1.54, 1.807) is 11.3 Å². The topological polar surface area (TPSA) is 23.5 Å². The third-order valence-corrected chi connectivity index (χ3v) is 5.12. The van der Waals surface area contributed by atoms with Gasteiger partial charge in [-0.2, -0.15) is 0 Å². The van der Waals surface area contributed by atoms with Crippen molar-refractivity contribution in [2.75, 3.05) is 13.1 Å². The van der Waals surface area contributed by atoms with Crippen molar-refractivity contribution < 1.29 is 5.11 Å². The summed E-state index contributed by atoms with van der Waals surface area (Å²) in [4.78, 5) is 3.58. The lowest BCUT2D eigenvalue weighted by Crippen LogP contribution is -2.42. The van der Waals surface area contributed by atoms with Crippen molar-refractivity contribution in [3.63, 3.8) is 0 Å². The van der Waals surface area contributed by atoms with E-state index in [1.807, 2.05) is 24.3 Å². The summed E-state index contributed by atoms with van der Waals surface area (Å²) >= 11 is 7.58. The molecule has 1 fully saturated rings. The minimum absolute atomic E-state index is 0.263. The Labute approximate surface area is 128 Å². The second-order valence-corrected chi connectivity index (χ2v) is 7.11. The summed E-state index contributed by atoms with van der Waals surface area (Å²) in [5, 5.41) is 10.4. The molecule has 0 saturated carbocycles. The molecule has 1 N–H and O–H groups in total. The summed E-state index contributed by atoms with van der Waals surface area (Å²) in [7, 11) is 0. The molecule has 2 nitrogen and oxygen atoms in total. The molecule has 0 amide bonds. The number of piperidine rings is 1. The molecule has 1 saturated heterocycles. The molecule has 0 spiro atoms. The van der Waals surface area contributed by atoms with Gasteiger partial charge in [0.15, 0.2) is 0 Å². The molecule has 3 rings (SSSR count). The van der Waals surface area contributed by atoms with E-state index in [1.165, 1.54) is 10.4 Å². The summed E-state index contributed by atoms with van der Waals surface area (Å²) in [6, 6.07) is 14.3. The van der Waals surface area contributed by atoms with Crippen LogP contribution in [0.4, 0.5) is 0 Å². The van der Waals surface area contributed by atoms with Crippen LogP contribution in [0.15, 0.2) is 42.5 Å². The predicted octanol–water partition coefficient (Wildman–Crippen LogP) is 3.75. The molecule has 1 aromatic carbocycles. The summed E-state index contributed by atoms with van der Waals surface area (Å²) in [6.45, 7) is 2.64. The van der Waals surface area contributed by atoms with Crippen LogP contribution in [0.1, 0.15) is 22.8 Å². The van der Waals surface area contributed by atoms with Crippen molar-refractivity contribution >= 4 is 22.9 Å². The minimum Gasteiger partial charge on any atom is -0.391 e. The summed E-state index contributed by atoms with van der Waals surface area (Å²) in [5.41, 5.74) is 1.25. The number of aliphatic hydroxyl groups excluding tert-OH is 1. The first-order valence-corrected chi connectivity index (χ1v) is 8.11. The fraction of sp³-hybridized carbons (Fsp3) is 0.375. The number of halogens is 1. The normalized spacial score (nSPS) is 23.9. The maximum atomic E-state index is 10.4. The average molecular weight is 308 g/mol.